The molecule has 0 saturated carbocycles. The number of thiophene rings is 1. The van der Waals surface area contributed by atoms with Crippen LogP contribution in [0.4, 0.5) is 0 Å². The third-order valence-electron chi connectivity index (χ3n) is 6.39. The molecule has 0 fully saturated rings. The van der Waals surface area contributed by atoms with Gasteiger partial charge in [-0.1, -0.05) is 12.1 Å². The van der Waals surface area contributed by atoms with Gasteiger partial charge in [-0.25, -0.2) is 8.42 Å². The summed E-state index contributed by atoms with van der Waals surface area (Å²) >= 11 is 1.69. The highest BCUT2D eigenvalue weighted by molar-refractivity contribution is 7.89. The number of benzene rings is 2. The Bertz CT molecular complexity index is 1310. The lowest BCUT2D eigenvalue weighted by Crippen LogP contribution is -2.52. The Kier molecular flexibility index (Phi) is 7.45. The summed E-state index contributed by atoms with van der Waals surface area (Å²) < 4.78 is 39.1. The topological polar surface area (TPSA) is 76.2 Å². The third-order valence-corrected chi connectivity index (χ3v) is 9.51. The number of fused-ring (bicyclic) bond motifs is 1. The summed E-state index contributed by atoms with van der Waals surface area (Å²) in [6.45, 7) is 5.66. The maximum atomic E-state index is 13.9. The van der Waals surface area contributed by atoms with Crippen LogP contribution in [0.3, 0.4) is 0 Å². The Labute approximate surface area is 217 Å². The summed E-state index contributed by atoms with van der Waals surface area (Å²) in [5, 5.41) is 2.05. The van der Waals surface area contributed by atoms with Gasteiger partial charge in [0.1, 0.15) is 11.5 Å². The summed E-state index contributed by atoms with van der Waals surface area (Å²) in [7, 11) is -0.797. The van der Waals surface area contributed by atoms with Crippen molar-refractivity contribution >= 4 is 27.3 Å². The smallest absolute Gasteiger partial charge is 0.244 e. The van der Waals surface area contributed by atoms with Crippen LogP contribution in [0.1, 0.15) is 42.8 Å². The summed E-state index contributed by atoms with van der Waals surface area (Å²) in [6, 6.07) is 15.7. The van der Waals surface area contributed by atoms with Crippen molar-refractivity contribution in [2.24, 2.45) is 0 Å². The van der Waals surface area contributed by atoms with Crippen molar-refractivity contribution in [2.45, 2.75) is 43.7 Å². The van der Waals surface area contributed by atoms with Crippen LogP contribution in [-0.2, 0) is 21.2 Å². The first-order chi connectivity index (χ1) is 17.1. The van der Waals surface area contributed by atoms with Crippen molar-refractivity contribution < 1.29 is 22.7 Å². The molecule has 2 aromatic carbocycles. The highest BCUT2D eigenvalue weighted by Crippen LogP contribution is 2.39. The van der Waals surface area contributed by atoms with E-state index in [4.69, 9.17) is 9.47 Å². The van der Waals surface area contributed by atoms with E-state index in [1.54, 1.807) is 56.3 Å². The van der Waals surface area contributed by atoms with Crippen LogP contribution in [0.15, 0.2) is 64.9 Å². The molecule has 0 aliphatic carbocycles. The summed E-state index contributed by atoms with van der Waals surface area (Å²) in [5.74, 6) is 1.07. The van der Waals surface area contributed by atoms with E-state index < -0.39 is 15.6 Å². The third kappa shape index (κ3) is 5.14. The second kappa shape index (κ2) is 10.2. The monoisotopic (exact) mass is 528 g/mol. The Balaban J connectivity index is 1.68. The molecule has 1 aliphatic rings. The standard InChI is InChI=1S/C27H32N2O5S2/c1-27(2,3)29(36(31,32)22-12-10-21(34-5)11-13-22)18-25(30)28-16-14-24-23(15-17-35-24)26(28)19-6-8-20(33-4)9-7-19/h6-13,15,17,26H,14,16,18H2,1-5H3. The maximum Gasteiger partial charge on any atom is 0.244 e. The highest BCUT2D eigenvalue weighted by Gasteiger charge is 2.39. The largest absolute Gasteiger partial charge is 0.497 e. The number of methoxy groups -OCH3 is 2. The van der Waals surface area contributed by atoms with E-state index in [0.29, 0.717) is 12.3 Å². The molecule has 1 aliphatic heterocycles. The van der Waals surface area contributed by atoms with Crippen molar-refractivity contribution in [3.05, 3.63) is 76.0 Å². The van der Waals surface area contributed by atoms with Crippen LogP contribution in [0.5, 0.6) is 11.5 Å². The number of amides is 1. The Morgan fingerprint density at radius 2 is 1.58 bits per heavy atom. The molecular weight excluding hydrogens is 496 g/mol. The molecule has 1 unspecified atom stereocenters. The Morgan fingerprint density at radius 1 is 1.00 bits per heavy atom. The van der Waals surface area contributed by atoms with E-state index in [2.05, 4.69) is 6.07 Å². The van der Waals surface area contributed by atoms with E-state index in [-0.39, 0.29) is 23.4 Å². The zero-order valence-electron chi connectivity index (χ0n) is 21.2. The molecule has 0 bridgehead atoms. The fourth-order valence-corrected chi connectivity index (χ4v) is 7.14. The molecule has 1 amide bonds. The van der Waals surface area contributed by atoms with Crippen LogP contribution < -0.4 is 9.47 Å². The fourth-order valence-electron chi connectivity index (χ4n) is 4.50. The first-order valence-electron chi connectivity index (χ1n) is 11.7. The molecule has 9 heteroatoms. The molecule has 3 aromatic rings. The molecule has 7 nitrogen and oxygen atoms in total. The normalized spacial score (nSPS) is 16.1. The average molecular weight is 529 g/mol. The molecule has 0 N–H and O–H groups in total. The molecule has 0 spiro atoms. The van der Waals surface area contributed by atoms with Crippen LogP contribution in [0.25, 0.3) is 0 Å². The van der Waals surface area contributed by atoms with E-state index in [1.165, 1.54) is 28.4 Å². The number of ether oxygens (including phenoxy) is 2. The van der Waals surface area contributed by atoms with Gasteiger partial charge in [0, 0.05) is 17.0 Å². The first kappa shape index (κ1) is 26.2. The van der Waals surface area contributed by atoms with Gasteiger partial charge < -0.3 is 14.4 Å². The van der Waals surface area contributed by atoms with Gasteiger partial charge in [0.15, 0.2) is 0 Å². The first-order valence-corrected chi connectivity index (χ1v) is 14.0. The number of sulfonamides is 1. The van der Waals surface area contributed by atoms with E-state index in [1.807, 2.05) is 29.6 Å². The van der Waals surface area contributed by atoms with Gasteiger partial charge in [0.25, 0.3) is 0 Å². The fraction of sp³-hybridized carbons (Fsp3) is 0.370. The molecule has 192 valence electrons. The molecule has 4 rings (SSSR count). The van der Waals surface area contributed by atoms with Crippen molar-refractivity contribution in [3.63, 3.8) is 0 Å². The number of carbonyl (C=O) groups is 1. The van der Waals surface area contributed by atoms with E-state index in [0.717, 1.165) is 23.3 Å². The number of nitrogens with zero attached hydrogens (tertiary/aromatic N) is 2. The average Bonchev–Trinajstić information content (AvgIpc) is 3.35. The maximum absolute atomic E-state index is 13.9. The lowest BCUT2D eigenvalue weighted by Gasteiger charge is -2.40. The van der Waals surface area contributed by atoms with Crippen LogP contribution in [-0.4, -0.2) is 56.4 Å². The zero-order valence-corrected chi connectivity index (χ0v) is 22.9. The second-order valence-electron chi connectivity index (χ2n) is 9.67. The summed E-state index contributed by atoms with van der Waals surface area (Å²) in [6.07, 6.45) is 0.742. The molecular formula is C27H32N2O5S2. The van der Waals surface area contributed by atoms with Crippen molar-refractivity contribution in [3.8, 4) is 11.5 Å². The van der Waals surface area contributed by atoms with E-state index >= 15 is 0 Å². The number of rotatable bonds is 7. The van der Waals surface area contributed by atoms with Crippen LogP contribution in [0, 0.1) is 0 Å². The number of carbonyl (C=O) groups excluding carboxylic acids is 1. The van der Waals surface area contributed by atoms with Crippen molar-refractivity contribution in [1.82, 2.24) is 9.21 Å². The second-order valence-corrected chi connectivity index (χ2v) is 12.5. The minimum Gasteiger partial charge on any atom is -0.497 e. The minimum absolute atomic E-state index is 0.122. The van der Waals surface area contributed by atoms with Crippen LogP contribution >= 0.6 is 11.3 Å². The molecule has 36 heavy (non-hydrogen) atoms. The number of hydrogen-bond acceptors (Lipinski definition) is 6. The molecule has 1 aromatic heterocycles. The highest BCUT2D eigenvalue weighted by atomic mass is 32.2. The minimum atomic E-state index is -3.94. The SMILES string of the molecule is COc1ccc(C2c3ccsc3CCN2C(=O)CN(C(C)(C)C)S(=O)(=O)c2ccc(OC)cc2)cc1. The predicted octanol–water partition coefficient (Wildman–Crippen LogP) is 4.73. The molecule has 1 atom stereocenters. The van der Waals surface area contributed by atoms with Gasteiger partial charge in [-0.3, -0.25) is 4.79 Å². The van der Waals surface area contributed by atoms with Gasteiger partial charge in [-0.05, 0) is 86.2 Å². The van der Waals surface area contributed by atoms with Gasteiger partial charge in [0.05, 0.1) is 31.7 Å². The van der Waals surface area contributed by atoms with Gasteiger partial charge in [-0.2, -0.15) is 4.31 Å². The molecule has 0 saturated heterocycles. The summed E-state index contributed by atoms with van der Waals surface area (Å²) in [4.78, 5) is 17.0. The number of hydrogen-bond donors (Lipinski definition) is 0. The van der Waals surface area contributed by atoms with Gasteiger partial charge in [-0.15, -0.1) is 11.3 Å². The Morgan fingerprint density at radius 3 is 2.14 bits per heavy atom. The quantitative estimate of drug-likeness (QED) is 0.443. The summed E-state index contributed by atoms with van der Waals surface area (Å²) in [5.41, 5.74) is 1.24. The van der Waals surface area contributed by atoms with Crippen molar-refractivity contribution in [1.29, 1.82) is 0 Å². The Hall–Kier alpha value is -2.88. The zero-order chi connectivity index (χ0) is 26.1. The van der Waals surface area contributed by atoms with Crippen molar-refractivity contribution in [2.75, 3.05) is 27.3 Å². The van der Waals surface area contributed by atoms with Gasteiger partial charge in [0.2, 0.25) is 15.9 Å². The van der Waals surface area contributed by atoms with Crippen LogP contribution in [0.2, 0.25) is 0 Å². The molecule has 2 heterocycles. The van der Waals surface area contributed by atoms with E-state index in [9.17, 15) is 13.2 Å². The van der Waals surface area contributed by atoms with Gasteiger partial charge >= 0.3 is 0 Å². The lowest BCUT2D eigenvalue weighted by molar-refractivity contribution is -0.134. The lowest BCUT2D eigenvalue weighted by atomic mass is 9.93. The molecule has 0 radical (unpaired) electrons. The predicted molar refractivity (Wildman–Crippen MR) is 141 cm³/mol.